The fourth-order valence-corrected chi connectivity index (χ4v) is 4.43. The molecule has 1 atom stereocenters. The van der Waals surface area contributed by atoms with Crippen molar-refractivity contribution in [3.05, 3.63) is 78.1 Å². The zero-order valence-electron chi connectivity index (χ0n) is 22.5. The van der Waals surface area contributed by atoms with Crippen LogP contribution < -0.4 is 15.0 Å². The Kier molecular flexibility index (Phi) is 7.62. The van der Waals surface area contributed by atoms with Crippen LogP contribution in [0.2, 0.25) is 0 Å². The number of hydrogen-bond acceptors (Lipinski definition) is 6. The first kappa shape index (κ1) is 27.0. The summed E-state index contributed by atoms with van der Waals surface area (Å²) in [5.74, 6) is -0.436. The van der Waals surface area contributed by atoms with Crippen LogP contribution in [0.4, 0.5) is 16.4 Å². The average Bonchev–Trinajstić information content (AvgIpc) is 2.94. The SMILES string of the molecule is CC1(C)CC[C@H](Cc2ccnc(NC(=O)Oc3ccccc3)n2)C(=O)N(c2ccc(C(C)(C)C)cc2)C1=O. The lowest BCUT2D eigenvalue weighted by Gasteiger charge is -2.28. The maximum atomic E-state index is 13.8. The van der Waals surface area contributed by atoms with E-state index in [-0.39, 0.29) is 23.2 Å². The van der Waals surface area contributed by atoms with Crippen LogP contribution >= 0.6 is 0 Å². The topological polar surface area (TPSA) is 101 Å². The van der Waals surface area contributed by atoms with Crippen LogP contribution in [0.1, 0.15) is 58.7 Å². The minimum Gasteiger partial charge on any atom is -0.410 e. The fraction of sp³-hybridized carbons (Fsp3) is 0.367. The van der Waals surface area contributed by atoms with Gasteiger partial charge in [-0.3, -0.25) is 14.9 Å². The molecule has 4 rings (SSSR count). The predicted octanol–water partition coefficient (Wildman–Crippen LogP) is 5.92. The van der Waals surface area contributed by atoms with Crippen LogP contribution in [0.15, 0.2) is 66.9 Å². The van der Waals surface area contributed by atoms with Gasteiger partial charge in [0.15, 0.2) is 0 Å². The van der Waals surface area contributed by atoms with E-state index in [0.717, 1.165) is 5.56 Å². The van der Waals surface area contributed by atoms with Crippen molar-refractivity contribution in [2.75, 3.05) is 10.2 Å². The Balaban J connectivity index is 1.53. The molecule has 8 nitrogen and oxygen atoms in total. The fourth-order valence-electron chi connectivity index (χ4n) is 4.43. The van der Waals surface area contributed by atoms with E-state index in [9.17, 15) is 14.4 Å². The molecule has 0 unspecified atom stereocenters. The number of para-hydroxylation sites is 1. The van der Waals surface area contributed by atoms with Gasteiger partial charge >= 0.3 is 6.09 Å². The molecule has 0 spiro atoms. The summed E-state index contributed by atoms with van der Waals surface area (Å²) < 4.78 is 5.24. The highest BCUT2D eigenvalue weighted by Crippen LogP contribution is 2.36. The van der Waals surface area contributed by atoms with E-state index in [2.05, 4.69) is 36.1 Å². The standard InChI is InChI=1S/C30H34N4O4/c1-29(2,3)21-11-13-23(14-12-21)34-25(35)20(15-17-30(4,5)26(34)36)19-22-16-18-31-27(32-22)33-28(37)38-24-9-7-6-8-10-24/h6-14,16,18,20H,15,17,19H2,1-5H3,(H,31,32,33,37)/t20-/m1/s1. The monoisotopic (exact) mass is 514 g/mol. The number of hydrogen-bond donors (Lipinski definition) is 1. The third-order valence-corrected chi connectivity index (χ3v) is 6.80. The summed E-state index contributed by atoms with van der Waals surface area (Å²) >= 11 is 0. The lowest BCUT2D eigenvalue weighted by atomic mass is 9.84. The number of imide groups is 1. The molecule has 38 heavy (non-hydrogen) atoms. The van der Waals surface area contributed by atoms with Crippen molar-refractivity contribution in [2.24, 2.45) is 11.3 Å². The van der Waals surface area contributed by atoms with Crippen molar-refractivity contribution in [1.82, 2.24) is 9.97 Å². The van der Waals surface area contributed by atoms with E-state index < -0.39 is 17.4 Å². The molecule has 0 radical (unpaired) electrons. The Morgan fingerprint density at radius 2 is 1.74 bits per heavy atom. The van der Waals surface area contributed by atoms with Gasteiger partial charge in [0.05, 0.1) is 5.69 Å². The van der Waals surface area contributed by atoms with Gasteiger partial charge in [0.2, 0.25) is 17.8 Å². The van der Waals surface area contributed by atoms with E-state index in [1.165, 1.54) is 11.1 Å². The van der Waals surface area contributed by atoms with E-state index >= 15 is 0 Å². The van der Waals surface area contributed by atoms with Gasteiger partial charge < -0.3 is 4.74 Å². The summed E-state index contributed by atoms with van der Waals surface area (Å²) in [6.07, 6.45) is 2.23. The van der Waals surface area contributed by atoms with E-state index in [1.54, 1.807) is 30.3 Å². The molecule has 3 amide bonds. The van der Waals surface area contributed by atoms with Crippen molar-refractivity contribution in [3.8, 4) is 5.75 Å². The number of aromatic nitrogens is 2. The minimum absolute atomic E-state index is 0.0422. The molecule has 0 aliphatic carbocycles. The number of anilines is 2. The summed E-state index contributed by atoms with van der Waals surface area (Å²) in [7, 11) is 0. The molecular formula is C30H34N4O4. The summed E-state index contributed by atoms with van der Waals surface area (Å²) in [5, 5.41) is 2.53. The first-order valence-electron chi connectivity index (χ1n) is 12.8. The second-order valence-electron chi connectivity index (χ2n) is 11.3. The Hall–Kier alpha value is -4.07. The molecular weight excluding hydrogens is 480 g/mol. The van der Waals surface area contributed by atoms with Gasteiger partial charge in [0.1, 0.15) is 5.75 Å². The number of ether oxygens (including phenoxy) is 1. The highest BCUT2D eigenvalue weighted by Gasteiger charge is 2.42. The van der Waals surface area contributed by atoms with Gasteiger partial charge in [-0.05, 0) is 54.2 Å². The van der Waals surface area contributed by atoms with E-state index in [4.69, 9.17) is 4.74 Å². The number of carbonyl (C=O) groups is 3. The van der Waals surface area contributed by atoms with Crippen LogP contribution in [0.3, 0.4) is 0 Å². The van der Waals surface area contributed by atoms with E-state index in [0.29, 0.717) is 36.4 Å². The van der Waals surface area contributed by atoms with Crippen molar-refractivity contribution in [1.29, 1.82) is 0 Å². The molecule has 2 heterocycles. The normalized spacial score (nSPS) is 17.6. The number of amides is 3. The zero-order valence-corrected chi connectivity index (χ0v) is 22.5. The maximum Gasteiger partial charge on any atom is 0.419 e. The van der Waals surface area contributed by atoms with Crippen LogP contribution in [-0.4, -0.2) is 27.9 Å². The Bertz CT molecular complexity index is 1310. The summed E-state index contributed by atoms with van der Waals surface area (Å²) in [5.41, 5.74) is 1.55. The van der Waals surface area contributed by atoms with Gasteiger partial charge in [-0.15, -0.1) is 0 Å². The molecule has 1 fully saturated rings. The number of carbonyl (C=O) groups excluding carboxylic acids is 3. The van der Waals surface area contributed by atoms with Gasteiger partial charge in [0, 0.05) is 29.6 Å². The molecule has 2 aromatic carbocycles. The van der Waals surface area contributed by atoms with Crippen LogP contribution in [0, 0.1) is 11.3 Å². The minimum atomic E-state index is -0.712. The Labute approximate surface area is 223 Å². The molecule has 198 valence electrons. The summed E-state index contributed by atoms with van der Waals surface area (Å²) in [6, 6.07) is 18.0. The Morgan fingerprint density at radius 3 is 2.39 bits per heavy atom. The van der Waals surface area contributed by atoms with Crippen LogP contribution in [0.5, 0.6) is 5.75 Å². The van der Waals surface area contributed by atoms with Gasteiger partial charge in [0.25, 0.3) is 0 Å². The lowest BCUT2D eigenvalue weighted by Crippen LogP contribution is -2.44. The second-order valence-corrected chi connectivity index (χ2v) is 11.3. The molecule has 1 aromatic heterocycles. The number of rotatable bonds is 5. The first-order chi connectivity index (χ1) is 17.9. The molecule has 1 N–H and O–H groups in total. The second kappa shape index (κ2) is 10.7. The Morgan fingerprint density at radius 1 is 1.05 bits per heavy atom. The van der Waals surface area contributed by atoms with E-state index in [1.807, 2.05) is 44.2 Å². The van der Waals surface area contributed by atoms with Crippen molar-refractivity contribution >= 4 is 29.5 Å². The van der Waals surface area contributed by atoms with Crippen LogP contribution in [0.25, 0.3) is 0 Å². The van der Waals surface area contributed by atoms with Crippen molar-refractivity contribution < 1.29 is 19.1 Å². The molecule has 8 heteroatoms. The number of nitrogens with zero attached hydrogens (tertiary/aromatic N) is 3. The molecule has 1 aliphatic rings. The van der Waals surface area contributed by atoms with Crippen LogP contribution in [-0.2, 0) is 21.4 Å². The zero-order chi connectivity index (χ0) is 27.5. The average molecular weight is 515 g/mol. The highest BCUT2D eigenvalue weighted by molar-refractivity contribution is 6.17. The highest BCUT2D eigenvalue weighted by atomic mass is 16.6. The largest absolute Gasteiger partial charge is 0.419 e. The first-order valence-corrected chi connectivity index (χ1v) is 12.8. The summed E-state index contributed by atoms with van der Waals surface area (Å²) in [6.45, 7) is 10.1. The lowest BCUT2D eigenvalue weighted by molar-refractivity contribution is -0.131. The molecule has 0 saturated carbocycles. The molecule has 1 aliphatic heterocycles. The quantitative estimate of drug-likeness (QED) is 0.424. The third kappa shape index (κ3) is 6.25. The van der Waals surface area contributed by atoms with Gasteiger partial charge in [-0.1, -0.05) is 65.0 Å². The number of benzene rings is 2. The van der Waals surface area contributed by atoms with Crippen molar-refractivity contribution in [2.45, 2.75) is 59.3 Å². The molecule has 3 aromatic rings. The van der Waals surface area contributed by atoms with Gasteiger partial charge in [-0.2, -0.15) is 0 Å². The van der Waals surface area contributed by atoms with Gasteiger partial charge in [-0.25, -0.2) is 19.7 Å². The summed E-state index contributed by atoms with van der Waals surface area (Å²) in [4.78, 5) is 49.4. The maximum absolute atomic E-state index is 13.8. The molecule has 0 bridgehead atoms. The predicted molar refractivity (Wildman–Crippen MR) is 146 cm³/mol. The molecule has 1 saturated heterocycles. The number of nitrogens with one attached hydrogen (secondary N) is 1. The third-order valence-electron chi connectivity index (χ3n) is 6.80. The van der Waals surface area contributed by atoms with Crippen molar-refractivity contribution in [3.63, 3.8) is 0 Å². The smallest absolute Gasteiger partial charge is 0.410 e.